The van der Waals surface area contributed by atoms with Gasteiger partial charge in [0.15, 0.2) is 5.82 Å². The van der Waals surface area contributed by atoms with Gasteiger partial charge in [0.1, 0.15) is 5.54 Å². The van der Waals surface area contributed by atoms with Crippen molar-refractivity contribution in [2.75, 3.05) is 6.54 Å². The number of nitrogens with zero attached hydrogens (tertiary/aromatic N) is 2. The van der Waals surface area contributed by atoms with Crippen molar-refractivity contribution in [2.45, 2.75) is 51.0 Å². The van der Waals surface area contributed by atoms with Gasteiger partial charge in [-0.3, -0.25) is 9.59 Å². The van der Waals surface area contributed by atoms with Gasteiger partial charge in [0, 0.05) is 19.9 Å². The predicted molar refractivity (Wildman–Crippen MR) is 100 cm³/mol. The van der Waals surface area contributed by atoms with Crippen LogP contribution in [0.25, 0.3) is 0 Å². The van der Waals surface area contributed by atoms with Gasteiger partial charge in [0.25, 0.3) is 5.91 Å². The smallest absolute Gasteiger partial charge is 0.252 e. The van der Waals surface area contributed by atoms with E-state index in [0.717, 1.165) is 32.1 Å². The number of hydrogen-bond acceptors (Lipinski definition) is 5. The molecule has 2 amide bonds. The summed E-state index contributed by atoms with van der Waals surface area (Å²) in [6, 6.07) is 6.80. The van der Waals surface area contributed by atoms with Crippen molar-refractivity contribution in [2.24, 2.45) is 0 Å². The van der Waals surface area contributed by atoms with Crippen LogP contribution in [0.3, 0.4) is 0 Å². The van der Waals surface area contributed by atoms with Crippen molar-refractivity contribution >= 4 is 23.4 Å². The Morgan fingerprint density at radius 2 is 1.96 bits per heavy atom. The molecule has 0 saturated heterocycles. The summed E-state index contributed by atoms with van der Waals surface area (Å²) in [6.45, 7) is 1.95. The number of halogens is 1. The first kappa shape index (κ1) is 19.4. The van der Waals surface area contributed by atoms with Gasteiger partial charge in [-0.05, 0) is 25.0 Å². The van der Waals surface area contributed by atoms with Crippen molar-refractivity contribution in [1.29, 1.82) is 0 Å². The van der Waals surface area contributed by atoms with E-state index in [1.165, 1.54) is 0 Å². The Bertz CT molecular complexity index is 815. The summed E-state index contributed by atoms with van der Waals surface area (Å²) >= 11 is 6.01. The van der Waals surface area contributed by atoms with E-state index in [1.54, 1.807) is 31.2 Å². The van der Waals surface area contributed by atoms with Crippen LogP contribution in [0.1, 0.15) is 60.6 Å². The number of hydrogen-bond donors (Lipinski definition) is 2. The molecule has 2 aromatic rings. The Morgan fingerprint density at radius 1 is 1.22 bits per heavy atom. The fraction of sp³-hybridized carbons (Fsp3) is 0.474. The molecule has 0 bridgehead atoms. The Balaban J connectivity index is 1.57. The molecule has 1 aromatic heterocycles. The number of carbonyl (C=O) groups excluding carboxylic acids is 2. The number of nitrogens with one attached hydrogen (secondary N) is 2. The maximum atomic E-state index is 12.5. The third-order valence-electron chi connectivity index (χ3n) is 4.80. The van der Waals surface area contributed by atoms with E-state index in [-0.39, 0.29) is 24.8 Å². The molecule has 7 nitrogen and oxygen atoms in total. The molecular weight excluding hydrogens is 368 g/mol. The number of carbonyl (C=O) groups is 2. The summed E-state index contributed by atoms with van der Waals surface area (Å²) < 4.78 is 5.12. The number of aromatic nitrogens is 2. The van der Waals surface area contributed by atoms with Crippen LogP contribution in [0.4, 0.5) is 0 Å². The summed E-state index contributed by atoms with van der Waals surface area (Å²) in [5, 5.41) is 10.2. The normalized spacial score (nSPS) is 15.9. The van der Waals surface area contributed by atoms with E-state index in [4.69, 9.17) is 16.1 Å². The molecular formula is C19H23ClN4O3. The summed E-state index contributed by atoms with van der Waals surface area (Å²) in [7, 11) is 0. The summed E-state index contributed by atoms with van der Waals surface area (Å²) in [4.78, 5) is 29.0. The lowest BCUT2D eigenvalue weighted by Gasteiger charge is -2.35. The van der Waals surface area contributed by atoms with Gasteiger partial charge < -0.3 is 15.2 Å². The second-order valence-electron chi connectivity index (χ2n) is 6.81. The predicted octanol–water partition coefficient (Wildman–Crippen LogP) is 3.13. The van der Waals surface area contributed by atoms with E-state index in [0.29, 0.717) is 22.3 Å². The summed E-state index contributed by atoms with van der Waals surface area (Å²) in [6.07, 6.45) is 4.85. The zero-order chi connectivity index (χ0) is 19.3. The highest BCUT2D eigenvalue weighted by Gasteiger charge is 2.39. The zero-order valence-corrected chi connectivity index (χ0v) is 16.0. The standard InChI is InChI=1S/C19H23ClN4O3/c1-13-22-18(24-27-13)19(10-5-2-6-11-19)23-16(25)9-12-21-17(26)14-7-3-4-8-15(14)20/h3-4,7-8H,2,5-6,9-12H2,1H3,(H,21,26)(H,23,25). The van der Waals surface area contributed by atoms with Gasteiger partial charge in [-0.2, -0.15) is 4.98 Å². The average Bonchev–Trinajstić information content (AvgIpc) is 3.10. The van der Waals surface area contributed by atoms with Crippen molar-refractivity contribution in [1.82, 2.24) is 20.8 Å². The molecule has 1 fully saturated rings. The molecule has 1 aliphatic rings. The quantitative estimate of drug-likeness (QED) is 0.789. The molecule has 1 aliphatic carbocycles. The molecule has 144 valence electrons. The molecule has 1 heterocycles. The van der Waals surface area contributed by atoms with Crippen LogP contribution in [0, 0.1) is 6.92 Å². The van der Waals surface area contributed by atoms with Gasteiger partial charge in [0.05, 0.1) is 10.6 Å². The van der Waals surface area contributed by atoms with E-state index in [2.05, 4.69) is 20.8 Å². The van der Waals surface area contributed by atoms with Gasteiger partial charge in [-0.1, -0.05) is 48.2 Å². The lowest BCUT2D eigenvalue weighted by Crippen LogP contribution is -2.48. The zero-order valence-electron chi connectivity index (χ0n) is 15.3. The van der Waals surface area contributed by atoms with Crippen molar-refractivity contribution < 1.29 is 14.1 Å². The van der Waals surface area contributed by atoms with E-state index in [1.807, 2.05) is 0 Å². The monoisotopic (exact) mass is 390 g/mol. The van der Waals surface area contributed by atoms with E-state index < -0.39 is 5.54 Å². The van der Waals surface area contributed by atoms with Crippen LogP contribution >= 0.6 is 11.6 Å². The van der Waals surface area contributed by atoms with Crippen LogP contribution < -0.4 is 10.6 Å². The minimum Gasteiger partial charge on any atom is -0.351 e. The largest absolute Gasteiger partial charge is 0.351 e. The van der Waals surface area contributed by atoms with Crippen LogP contribution in [0.5, 0.6) is 0 Å². The molecule has 2 N–H and O–H groups in total. The van der Waals surface area contributed by atoms with Crippen molar-refractivity contribution in [3.05, 3.63) is 46.6 Å². The number of rotatable bonds is 6. The van der Waals surface area contributed by atoms with Crippen LogP contribution in [-0.4, -0.2) is 28.5 Å². The molecule has 8 heteroatoms. The van der Waals surface area contributed by atoms with Crippen LogP contribution in [0.15, 0.2) is 28.8 Å². The van der Waals surface area contributed by atoms with Gasteiger partial charge >= 0.3 is 0 Å². The van der Waals surface area contributed by atoms with Crippen LogP contribution in [-0.2, 0) is 10.3 Å². The fourth-order valence-corrected chi connectivity index (χ4v) is 3.63. The Kier molecular flexibility index (Phi) is 6.11. The number of amides is 2. The van der Waals surface area contributed by atoms with Gasteiger partial charge in [-0.15, -0.1) is 0 Å². The third kappa shape index (κ3) is 4.66. The maximum Gasteiger partial charge on any atom is 0.252 e. The average molecular weight is 391 g/mol. The highest BCUT2D eigenvalue weighted by Crippen LogP contribution is 2.35. The molecule has 0 spiro atoms. The summed E-state index contributed by atoms with van der Waals surface area (Å²) in [5.41, 5.74) is -0.189. The van der Waals surface area contributed by atoms with Gasteiger partial charge in [-0.25, -0.2) is 0 Å². The van der Waals surface area contributed by atoms with Crippen molar-refractivity contribution in [3.63, 3.8) is 0 Å². The molecule has 0 atom stereocenters. The Hall–Kier alpha value is -2.41. The molecule has 1 aromatic carbocycles. The molecule has 0 aliphatic heterocycles. The second kappa shape index (κ2) is 8.52. The SMILES string of the molecule is Cc1nc(C2(NC(=O)CCNC(=O)c3ccccc3Cl)CCCCC2)no1. The first-order valence-electron chi connectivity index (χ1n) is 9.15. The Morgan fingerprint density at radius 3 is 2.63 bits per heavy atom. The first-order valence-corrected chi connectivity index (χ1v) is 9.52. The lowest BCUT2D eigenvalue weighted by molar-refractivity contribution is -0.123. The molecule has 27 heavy (non-hydrogen) atoms. The third-order valence-corrected chi connectivity index (χ3v) is 5.13. The maximum absolute atomic E-state index is 12.5. The highest BCUT2D eigenvalue weighted by molar-refractivity contribution is 6.33. The van der Waals surface area contributed by atoms with E-state index in [9.17, 15) is 9.59 Å². The first-order chi connectivity index (χ1) is 13.0. The van der Waals surface area contributed by atoms with Crippen LogP contribution in [0.2, 0.25) is 5.02 Å². The second-order valence-corrected chi connectivity index (χ2v) is 7.22. The minimum atomic E-state index is -0.583. The minimum absolute atomic E-state index is 0.154. The highest BCUT2D eigenvalue weighted by atomic mass is 35.5. The summed E-state index contributed by atoms with van der Waals surface area (Å²) in [5.74, 6) is 0.567. The molecule has 0 unspecified atom stereocenters. The number of aryl methyl sites for hydroxylation is 1. The lowest BCUT2D eigenvalue weighted by atomic mass is 9.81. The van der Waals surface area contributed by atoms with E-state index >= 15 is 0 Å². The molecule has 0 radical (unpaired) electrons. The topological polar surface area (TPSA) is 97.1 Å². The molecule has 3 rings (SSSR count). The Labute approximate surface area is 162 Å². The van der Waals surface area contributed by atoms with Gasteiger partial charge in [0.2, 0.25) is 11.8 Å². The fourth-order valence-electron chi connectivity index (χ4n) is 3.41. The number of benzene rings is 1. The van der Waals surface area contributed by atoms with Crippen molar-refractivity contribution in [3.8, 4) is 0 Å². The molecule has 1 saturated carbocycles.